The zero-order valence-corrected chi connectivity index (χ0v) is 11.6. The van der Waals surface area contributed by atoms with Crippen LogP contribution in [0.5, 0.6) is 0 Å². The number of aliphatic hydroxyl groups is 1. The third kappa shape index (κ3) is 3.75. The summed E-state index contributed by atoms with van der Waals surface area (Å²) < 4.78 is 11.1. The minimum Gasteiger partial charge on any atom is -0.465 e. The van der Waals surface area contributed by atoms with E-state index in [4.69, 9.17) is 14.3 Å². The second-order valence-electron chi connectivity index (χ2n) is 4.41. The highest BCUT2D eigenvalue weighted by molar-refractivity contribution is 7.99. The van der Waals surface area contributed by atoms with Gasteiger partial charge in [-0.15, -0.1) is 0 Å². The minimum atomic E-state index is 0.0939. The number of thioether (sulfide) groups is 1. The first kappa shape index (κ1) is 13.9. The molecular weight excluding hydrogens is 250 g/mol. The zero-order valence-electron chi connectivity index (χ0n) is 10.8. The third-order valence-electron chi connectivity index (χ3n) is 3.09. The Hall–Kier alpha value is -0.490. The molecular formula is C13H21NO3S. The van der Waals surface area contributed by atoms with Crippen LogP contribution in [-0.4, -0.2) is 54.4 Å². The maximum absolute atomic E-state index is 8.68. The molecule has 2 heterocycles. The molecule has 0 amide bonds. The van der Waals surface area contributed by atoms with Crippen molar-refractivity contribution in [2.45, 2.75) is 13.0 Å². The minimum absolute atomic E-state index is 0.0939. The molecule has 1 aromatic heterocycles. The van der Waals surface area contributed by atoms with Gasteiger partial charge in [0.15, 0.2) is 0 Å². The summed E-state index contributed by atoms with van der Waals surface area (Å²) in [5, 5.41) is 8.68. The molecule has 1 unspecified atom stereocenters. The van der Waals surface area contributed by atoms with Crippen LogP contribution in [0.15, 0.2) is 16.5 Å². The van der Waals surface area contributed by atoms with Crippen molar-refractivity contribution in [3.05, 3.63) is 23.7 Å². The molecule has 1 N–H and O–H groups in total. The molecule has 102 valence electrons. The summed E-state index contributed by atoms with van der Waals surface area (Å²) in [4.78, 5) is 2.41. The Morgan fingerprint density at radius 1 is 1.50 bits per heavy atom. The summed E-state index contributed by atoms with van der Waals surface area (Å²) in [6.45, 7) is 5.13. The maximum atomic E-state index is 8.68. The number of aliphatic hydroxyl groups excluding tert-OH is 1. The van der Waals surface area contributed by atoms with E-state index in [2.05, 4.69) is 11.0 Å². The highest BCUT2D eigenvalue weighted by Gasteiger charge is 2.26. The first-order valence-corrected chi connectivity index (χ1v) is 7.53. The molecule has 18 heavy (non-hydrogen) atoms. The summed E-state index contributed by atoms with van der Waals surface area (Å²) in [5.41, 5.74) is 0. The van der Waals surface area contributed by atoms with Gasteiger partial charge in [0.1, 0.15) is 11.5 Å². The highest BCUT2D eigenvalue weighted by atomic mass is 32.2. The lowest BCUT2D eigenvalue weighted by atomic mass is 10.2. The number of nitrogens with zero attached hydrogens (tertiary/aromatic N) is 1. The van der Waals surface area contributed by atoms with E-state index in [1.54, 1.807) is 0 Å². The monoisotopic (exact) mass is 271 g/mol. The standard InChI is InChI=1S/C13H21NO3S/c1-11-2-3-13(17-11)12-10-18-9-5-14(12)4-7-16-8-6-15/h2-3,12,15H,4-10H2,1H3. The lowest BCUT2D eigenvalue weighted by molar-refractivity contribution is 0.0635. The van der Waals surface area contributed by atoms with E-state index in [0.717, 1.165) is 36.1 Å². The fraction of sp³-hybridized carbons (Fsp3) is 0.692. The predicted molar refractivity (Wildman–Crippen MR) is 73.0 cm³/mol. The fourth-order valence-electron chi connectivity index (χ4n) is 2.15. The summed E-state index contributed by atoms with van der Waals surface area (Å²) in [5.74, 6) is 4.27. The molecule has 1 aromatic rings. The number of hydrogen-bond acceptors (Lipinski definition) is 5. The Kier molecular flexibility index (Phi) is 5.56. The van der Waals surface area contributed by atoms with Crippen LogP contribution in [0.2, 0.25) is 0 Å². The van der Waals surface area contributed by atoms with Crippen molar-refractivity contribution in [1.29, 1.82) is 0 Å². The van der Waals surface area contributed by atoms with Crippen LogP contribution in [0.1, 0.15) is 17.6 Å². The molecule has 1 aliphatic rings. The second kappa shape index (κ2) is 7.19. The number of hydrogen-bond donors (Lipinski definition) is 1. The Morgan fingerprint density at radius 3 is 3.11 bits per heavy atom. The van der Waals surface area contributed by atoms with Gasteiger partial charge in [0.25, 0.3) is 0 Å². The Bertz CT molecular complexity index is 356. The van der Waals surface area contributed by atoms with Gasteiger partial charge in [0.05, 0.1) is 25.9 Å². The van der Waals surface area contributed by atoms with Gasteiger partial charge < -0.3 is 14.3 Å². The van der Waals surface area contributed by atoms with E-state index < -0.39 is 0 Å². The largest absolute Gasteiger partial charge is 0.465 e. The van der Waals surface area contributed by atoms with Crippen molar-refractivity contribution in [2.24, 2.45) is 0 Å². The summed E-state index contributed by atoms with van der Waals surface area (Å²) in [6.07, 6.45) is 0. The molecule has 1 atom stereocenters. The first-order chi connectivity index (χ1) is 8.81. The number of rotatable bonds is 6. The smallest absolute Gasteiger partial charge is 0.122 e. The van der Waals surface area contributed by atoms with Crippen molar-refractivity contribution >= 4 is 11.8 Å². The first-order valence-electron chi connectivity index (χ1n) is 6.38. The van der Waals surface area contributed by atoms with E-state index >= 15 is 0 Å². The van der Waals surface area contributed by atoms with Crippen LogP contribution < -0.4 is 0 Å². The molecule has 1 saturated heterocycles. The van der Waals surface area contributed by atoms with Gasteiger partial charge in [0, 0.05) is 24.6 Å². The molecule has 0 radical (unpaired) electrons. The lowest BCUT2D eigenvalue weighted by Crippen LogP contribution is -2.38. The average molecular weight is 271 g/mol. The molecule has 1 fully saturated rings. The molecule has 0 bridgehead atoms. The third-order valence-corrected chi connectivity index (χ3v) is 4.11. The SMILES string of the molecule is Cc1ccc(C2CSCCN2CCOCCO)o1. The van der Waals surface area contributed by atoms with E-state index in [1.807, 2.05) is 24.8 Å². The van der Waals surface area contributed by atoms with E-state index in [9.17, 15) is 0 Å². The lowest BCUT2D eigenvalue weighted by Gasteiger charge is -2.33. The molecule has 0 aliphatic carbocycles. The molecule has 0 spiro atoms. The van der Waals surface area contributed by atoms with E-state index in [1.165, 1.54) is 0 Å². The molecule has 5 heteroatoms. The fourth-order valence-corrected chi connectivity index (χ4v) is 3.28. The number of aryl methyl sites for hydroxylation is 1. The van der Waals surface area contributed by atoms with Crippen LogP contribution in [0.4, 0.5) is 0 Å². The van der Waals surface area contributed by atoms with Gasteiger partial charge in [-0.1, -0.05) is 0 Å². The van der Waals surface area contributed by atoms with Crippen LogP contribution in [0.3, 0.4) is 0 Å². The number of furan rings is 1. The summed E-state index contributed by atoms with van der Waals surface area (Å²) >= 11 is 1.97. The summed E-state index contributed by atoms with van der Waals surface area (Å²) in [6, 6.07) is 4.46. The Labute approximate surface area is 112 Å². The molecule has 0 aromatic carbocycles. The molecule has 0 saturated carbocycles. The van der Waals surface area contributed by atoms with Gasteiger partial charge in [-0.05, 0) is 19.1 Å². The summed E-state index contributed by atoms with van der Waals surface area (Å²) in [7, 11) is 0. The average Bonchev–Trinajstić information content (AvgIpc) is 2.82. The van der Waals surface area contributed by atoms with Crippen LogP contribution in [-0.2, 0) is 4.74 Å². The predicted octanol–water partition coefficient (Wildman–Crippen LogP) is 1.69. The highest BCUT2D eigenvalue weighted by Crippen LogP contribution is 2.30. The van der Waals surface area contributed by atoms with Crippen molar-refractivity contribution < 1.29 is 14.3 Å². The van der Waals surface area contributed by atoms with Crippen molar-refractivity contribution in [3.8, 4) is 0 Å². The van der Waals surface area contributed by atoms with Gasteiger partial charge in [-0.2, -0.15) is 11.8 Å². The molecule has 2 rings (SSSR count). The van der Waals surface area contributed by atoms with E-state index in [0.29, 0.717) is 19.3 Å². The van der Waals surface area contributed by atoms with Crippen LogP contribution in [0, 0.1) is 6.92 Å². The molecule has 1 aliphatic heterocycles. The maximum Gasteiger partial charge on any atom is 0.122 e. The van der Waals surface area contributed by atoms with E-state index in [-0.39, 0.29) is 6.61 Å². The Morgan fingerprint density at radius 2 is 2.39 bits per heavy atom. The normalized spacial score (nSPS) is 21.3. The van der Waals surface area contributed by atoms with Gasteiger partial charge in [-0.3, -0.25) is 4.90 Å². The van der Waals surface area contributed by atoms with Crippen molar-refractivity contribution in [3.63, 3.8) is 0 Å². The van der Waals surface area contributed by atoms with Gasteiger partial charge >= 0.3 is 0 Å². The molecule has 4 nitrogen and oxygen atoms in total. The van der Waals surface area contributed by atoms with Crippen LogP contribution in [0.25, 0.3) is 0 Å². The topological polar surface area (TPSA) is 45.8 Å². The van der Waals surface area contributed by atoms with Crippen molar-refractivity contribution in [2.75, 3.05) is 44.4 Å². The second-order valence-corrected chi connectivity index (χ2v) is 5.56. The van der Waals surface area contributed by atoms with Crippen LogP contribution >= 0.6 is 11.8 Å². The number of ether oxygens (including phenoxy) is 1. The zero-order chi connectivity index (χ0) is 12.8. The van der Waals surface area contributed by atoms with Crippen molar-refractivity contribution in [1.82, 2.24) is 4.90 Å². The quantitative estimate of drug-likeness (QED) is 0.798. The Balaban J connectivity index is 1.89. The van der Waals surface area contributed by atoms with Gasteiger partial charge in [-0.25, -0.2) is 0 Å². The van der Waals surface area contributed by atoms with Gasteiger partial charge in [0.2, 0.25) is 0 Å².